The zero-order valence-corrected chi connectivity index (χ0v) is 11.8. The number of hydrogen-bond donors (Lipinski definition) is 2. The summed E-state index contributed by atoms with van der Waals surface area (Å²) in [6, 6.07) is 3.95. The number of carboxylic acid groups (broad SMARTS) is 1. The molecule has 0 aromatic carbocycles. The fourth-order valence-electron chi connectivity index (χ4n) is 1.31. The van der Waals surface area contributed by atoms with Crippen LogP contribution < -0.4 is 26.9 Å². The lowest BCUT2D eigenvalue weighted by atomic mass is 10.3. The molecule has 6 heteroatoms. The average Bonchev–Trinajstić information content (AvgIpc) is 2.28. The highest BCUT2D eigenvalue weighted by Gasteiger charge is 2.06. The lowest BCUT2D eigenvalue weighted by molar-refractivity contribution is -0.695. The van der Waals surface area contributed by atoms with Crippen molar-refractivity contribution in [1.82, 2.24) is 5.32 Å². The quantitative estimate of drug-likeness (QED) is 0.560. The van der Waals surface area contributed by atoms with Gasteiger partial charge in [0.25, 0.3) is 0 Å². The second kappa shape index (κ2) is 8.63. The number of aliphatic carboxylic acids is 1. The molecule has 2 N–H and O–H groups in total. The number of nitrogens with zero attached hydrogens (tertiary/aromatic N) is 1. The van der Waals surface area contributed by atoms with Gasteiger partial charge in [0.05, 0.1) is 12.8 Å². The Morgan fingerprint density at radius 3 is 2.44 bits per heavy atom. The number of aryl methyl sites for hydroxylation is 2. The van der Waals surface area contributed by atoms with E-state index in [1.165, 1.54) is 5.56 Å². The Balaban J connectivity index is 0.00000289. The van der Waals surface area contributed by atoms with E-state index in [4.69, 9.17) is 5.11 Å². The van der Waals surface area contributed by atoms with Gasteiger partial charge < -0.3 is 27.4 Å². The van der Waals surface area contributed by atoms with Gasteiger partial charge in [-0.15, -0.1) is 0 Å². The SMILES string of the molecule is Cc1cc[n+](CCC(=O)NCCC(=O)O)cc1.[Br-]. The molecule has 1 aromatic rings. The van der Waals surface area contributed by atoms with Crippen LogP contribution in [0.25, 0.3) is 0 Å². The van der Waals surface area contributed by atoms with E-state index < -0.39 is 5.97 Å². The van der Waals surface area contributed by atoms with Gasteiger partial charge in [-0.1, -0.05) is 0 Å². The molecule has 5 nitrogen and oxygen atoms in total. The third-order valence-electron chi connectivity index (χ3n) is 2.32. The van der Waals surface area contributed by atoms with Gasteiger partial charge in [0.2, 0.25) is 5.91 Å². The number of nitrogens with one attached hydrogen (secondary N) is 1. The highest BCUT2D eigenvalue weighted by molar-refractivity contribution is 5.76. The van der Waals surface area contributed by atoms with Gasteiger partial charge in [0.15, 0.2) is 18.9 Å². The van der Waals surface area contributed by atoms with Crippen molar-refractivity contribution in [3.63, 3.8) is 0 Å². The standard InChI is InChI=1S/C12H16N2O3.BrH/c1-10-3-7-14(8-4-10)9-5-11(15)13-6-2-12(16)17;/h3-4,7-8H,2,5-6,9H2,1H3,(H-,13,15,16,17);1H. The van der Waals surface area contributed by atoms with E-state index in [0.717, 1.165) is 0 Å². The summed E-state index contributed by atoms with van der Waals surface area (Å²) < 4.78 is 1.92. The van der Waals surface area contributed by atoms with Crippen LogP contribution in [0.3, 0.4) is 0 Å². The summed E-state index contributed by atoms with van der Waals surface area (Å²) in [6.45, 7) is 2.79. The molecule has 1 rings (SSSR count). The molecule has 0 bridgehead atoms. The zero-order valence-electron chi connectivity index (χ0n) is 10.2. The molecule has 0 radical (unpaired) electrons. The van der Waals surface area contributed by atoms with Crippen LogP contribution in [0, 0.1) is 6.92 Å². The van der Waals surface area contributed by atoms with E-state index in [1.54, 1.807) is 0 Å². The molecule has 1 amide bonds. The van der Waals surface area contributed by atoms with Gasteiger partial charge in [-0.2, -0.15) is 0 Å². The molecule has 1 heterocycles. The molecule has 0 unspecified atom stereocenters. The number of halogens is 1. The van der Waals surface area contributed by atoms with Crippen molar-refractivity contribution in [1.29, 1.82) is 0 Å². The molecule has 0 saturated carbocycles. The first-order chi connectivity index (χ1) is 8.08. The number of carboxylic acids is 1. The number of aromatic nitrogens is 1. The Morgan fingerprint density at radius 1 is 1.28 bits per heavy atom. The third kappa shape index (κ3) is 7.01. The molecule has 1 aromatic heterocycles. The third-order valence-corrected chi connectivity index (χ3v) is 2.32. The maximum Gasteiger partial charge on any atom is 0.305 e. The van der Waals surface area contributed by atoms with Crippen LogP contribution in [0.15, 0.2) is 24.5 Å². The molecule has 0 aliphatic carbocycles. The van der Waals surface area contributed by atoms with E-state index in [9.17, 15) is 9.59 Å². The van der Waals surface area contributed by atoms with Crippen molar-refractivity contribution in [3.05, 3.63) is 30.1 Å². The van der Waals surface area contributed by atoms with Gasteiger partial charge in [-0.25, -0.2) is 4.57 Å². The molecule has 0 spiro atoms. The molecule has 0 fully saturated rings. The Kier molecular flexibility index (Phi) is 7.94. The van der Waals surface area contributed by atoms with E-state index in [1.807, 2.05) is 36.0 Å². The summed E-state index contributed by atoms with van der Waals surface area (Å²) >= 11 is 0. The lowest BCUT2D eigenvalue weighted by Gasteiger charge is -2.01. The fourth-order valence-corrected chi connectivity index (χ4v) is 1.31. The summed E-state index contributed by atoms with van der Waals surface area (Å²) in [5, 5.41) is 11.0. The molecular formula is C12H17BrN2O3. The average molecular weight is 317 g/mol. The van der Waals surface area contributed by atoms with Crippen molar-refractivity contribution in [3.8, 4) is 0 Å². The minimum Gasteiger partial charge on any atom is -1.00 e. The van der Waals surface area contributed by atoms with Gasteiger partial charge in [-0.05, 0) is 12.5 Å². The van der Waals surface area contributed by atoms with Gasteiger partial charge in [0, 0.05) is 18.7 Å². The normalized spacial score (nSPS) is 9.39. The van der Waals surface area contributed by atoms with Gasteiger partial charge in [-0.3, -0.25) is 9.59 Å². The number of carbonyl (C=O) groups is 2. The summed E-state index contributed by atoms with van der Waals surface area (Å²) in [7, 11) is 0. The summed E-state index contributed by atoms with van der Waals surface area (Å²) in [5.74, 6) is -1.03. The van der Waals surface area contributed by atoms with E-state index in [2.05, 4.69) is 5.32 Å². The highest BCUT2D eigenvalue weighted by Crippen LogP contribution is 1.90. The van der Waals surface area contributed by atoms with E-state index in [-0.39, 0.29) is 35.9 Å². The minimum atomic E-state index is -0.904. The predicted molar refractivity (Wildman–Crippen MR) is 61.3 cm³/mol. The Hall–Kier alpha value is -1.43. The molecule has 0 aliphatic rings. The second-order valence-corrected chi connectivity index (χ2v) is 3.86. The van der Waals surface area contributed by atoms with Crippen molar-refractivity contribution in [2.24, 2.45) is 0 Å². The van der Waals surface area contributed by atoms with Crippen LogP contribution in [-0.4, -0.2) is 23.5 Å². The van der Waals surface area contributed by atoms with E-state index in [0.29, 0.717) is 13.0 Å². The zero-order chi connectivity index (χ0) is 12.7. The first-order valence-corrected chi connectivity index (χ1v) is 5.52. The largest absolute Gasteiger partial charge is 1.00 e. The van der Waals surface area contributed by atoms with Crippen molar-refractivity contribution in [2.45, 2.75) is 26.3 Å². The summed E-state index contributed by atoms with van der Waals surface area (Å²) in [5.41, 5.74) is 1.17. The monoisotopic (exact) mass is 316 g/mol. The summed E-state index contributed by atoms with van der Waals surface area (Å²) in [6.07, 6.45) is 4.15. The number of rotatable bonds is 6. The molecular weight excluding hydrogens is 300 g/mol. The van der Waals surface area contributed by atoms with Crippen molar-refractivity contribution < 1.29 is 36.2 Å². The molecule has 0 saturated heterocycles. The van der Waals surface area contributed by atoms with Crippen molar-refractivity contribution >= 4 is 11.9 Å². The number of carbonyl (C=O) groups excluding carboxylic acids is 1. The smallest absolute Gasteiger partial charge is 0.305 e. The van der Waals surface area contributed by atoms with Crippen LogP contribution in [0.5, 0.6) is 0 Å². The fraction of sp³-hybridized carbons (Fsp3) is 0.417. The van der Waals surface area contributed by atoms with Crippen LogP contribution in [-0.2, 0) is 16.1 Å². The molecule has 0 atom stereocenters. The Morgan fingerprint density at radius 2 is 1.89 bits per heavy atom. The van der Waals surface area contributed by atoms with Crippen LogP contribution in [0.4, 0.5) is 0 Å². The van der Waals surface area contributed by atoms with Gasteiger partial charge in [0.1, 0.15) is 0 Å². The van der Waals surface area contributed by atoms with Gasteiger partial charge >= 0.3 is 5.97 Å². The number of hydrogen-bond acceptors (Lipinski definition) is 2. The van der Waals surface area contributed by atoms with Crippen molar-refractivity contribution in [2.75, 3.05) is 6.54 Å². The predicted octanol–water partition coefficient (Wildman–Crippen LogP) is -2.73. The first kappa shape index (κ1) is 16.6. The van der Waals surface area contributed by atoms with Crippen LogP contribution in [0.1, 0.15) is 18.4 Å². The van der Waals surface area contributed by atoms with Crippen LogP contribution in [0.2, 0.25) is 0 Å². The topological polar surface area (TPSA) is 70.3 Å². The maximum atomic E-state index is 11.3. The van der Waals surface area contributed by atoms with E-state index >= 15 is 0 Å². The summed E-state index contributed by atoms with van der Waals surface area (Å²) in [4.78, 5) is 21.6. The first-order valence-electron chi connectivity index (χ1n) is 5.52. The number of amides is 1. The Bertz CT molecular complexity index is 393. The lowest BCUT2D eigenvalue weighted by Crippen LogP contribution is -3.00. The minimum absolute atomic E-state index is 0. The molecule has 0 aliphatic heterocycles. The Labute approximate surface area is 117 Å². The highest BCUT2D eigenvalue weighted by atomic mass is 79.9. The maximum absolute atomic E-state index is 11.3. The number of pyridine rings is 1. The molecule has 100 valence electrons. The van der Waals surface area contributed by atoms with Crippen LogP contribution >= 0.6 is 0 Å². The second-order valence-electron chi connectivity index (χ2n) is 3.86. The molecule has 18 heavy (non-hydrogen) atoms.